The van der Waals surface area contributed by atoms with E-state index in [1.165, 1.54) is 0 Å². The van der Waals surface area contributed by atoms with Crippen LogP contribution in [0.2, 0.25) is 51.9 Å². The summed E-state index contributed by atoms with van der Waals surface area (Å²) >= 11 is 0. The Hall–Kier alpha value is -3.82. The summed E-state index contributed by atoms with van der Waals surface area (Å²) < 4.78 is 19.7. The predicted octanol–water partition coefficient (Wildman–Crippen LogP) is 4.22. The Kier molecular flexibility index (Phi) is 17.5. The molecule has 0 heterocycles. The fourth-order valence-electron chi connectivity index (χ4n) is 3.12. The average Bonchev–Trinajstić information content (AvgIpc) is 2.87. The molecule has 0 bridgehead atoms. The molecule has 0 aliphatic heterocycles. The molecule has 0 radical (unpaired) electrons. The van der Waals surface area contributed by atoms with Crippen molar-refractivity contribution >= 4 is 39.7 Å². The van der Waals surface area contributed by atoms with Gasteiger partial charge in [0.25, 0.3) is 5.91 Å². The Morgan fingerprint density at radius 2 is 1.07 bits per heavy atom. The highest BCUT2D eigenvalue weighted by Gasteiger charge is 2.44. The third-order valence-corrected chi connectivity index (χ3v) is 19.5. The van der Waals surface area contributed by atoms with Crippen LogP contribution in [0.1, 0.15) is 13.3 Å². The summed E-state index contributed by atoms with van der Waals surface area (Å²) in [6.45, 7) is 24.5. The quantitative estimate of drug-likeness (QED) is 0.204. The van der Waals surface area contributed by atoms with Gasteiger partial charge in [-0.05, 0) is 148 Å². The highest BCUT2D eigenvalue weighted by atomic mass is 28.5. The molecule has 0 aliphatic carbocycles. The number of nitrogens with one attached hydrogen (secondary N) is 1. The van der Waals surface area contributed by atoms with Crippen molar-refractivity contribution in [3.8, 4) is 94.7 Å². The van der Waals surface area contributed by atoms with Crippen LogP contribution in [0.5, 0.6) is 0 Å². The fourth-order valence-corrected chi connectivity index (χ4v) is 20.2. The van der Waals surface area contributed by atoms with Crippen LogP contribution in [0.4, 0.5) is 0 Å². The van der Waals surface area contributed by atoms with E-state index in [1.807, 2.05) is 24.5 Å². The molecule has 0 rings (SSSR count). The van der Waals surface area contributed by atoms with E-state index >= 15 is 0 Å². The number of carbonyl (C=O) groups is 1. The topological polar surface area (TPSA) is 56.8 Å². The van der Waals surface area contributed by atoms with E-state index in [0.717, 1.165) is 0 Å². The molecule has 210 valence electrons. The molecule has 9 heteroatoms. The van der Waals surface area contributed by atoms with Crippen molar-refractivity contribution in [1.82, 2.24) is 5.32 Å². The van der Waals surface area contributed by atoms with Crippen LogP contribution in [0, 0.1) is 94.7 Å². The third kappa shape index (κ3) is 20.7. The minimum atomic E-state index is -2.63. The van der Waals surface area contributed by atoms with E-state index in [-0.39, 0.29) is 0 Å². The van der Waals surface area contributed by atoms with Crippen molar-refractivity contribution in [1.29, 1.82) is 0 Å². The second-order valence-electron chi connectivity index (χ2n) is 9.94. The van der Waals surface area contributed by atoms with Crippen LogP contribution >= 0.6 is 0 Å². The summed E-state index contributed by atoms with van der Waals surface area (Å²) in [6, 6.07) is 0.691. The fraction of sp³-hybridized carbons (Fsp3) is 0.344. The Morgan fingerprint density at radius 1 is 0.659 bits per heavy atom. The molecule has 0 aliphatic rings. The normalized spacial score (nSPS) is 10.9. The predicted molar refractivity (Wildman–Crippen MR) is 178 cm³/mol. The number of hydrogen-bond donors (Lipinski definition) is 1. The molecule has 0 saturated carbocycles. The first-order valence-electron chi connectivity index (χ1n) is 12.8. The van der Waals surface area contributed by atoms with Gasteiger partial charge in [-0.3, -0.25) is 4.79 Å². The zero-order chi connectivity index (χ0) is 31.3. The smallest absolute Gasteiger partial charge is 0.316 e. The zero-order valence-corrected chi connectivity index (χ0v) is 29.3. The van der Waals surface area contributed by atoms with Gasteiger partial charge in [-0.15, -0.1) is 13.2 Å². The second-order valence-corrected chi connectivity index (χ2v) is 25.2. The van der Waals surface area contributed by atoms with Crippen LogP contribution < -0.4 is 5.32 Å². The maximum absolute atomic E-state index is 12.1. The summed E-state index contributed by atoms with van der Waals surface area (Å²) in [5.41, 5.74) is 3.81. The van der Waals surface area contributed by atoms with E-state index in [0.29, 0.717) is 19.0 Å². The summed E-state index contributed by atoms with van der Waals surface area (Å²) in [5.74, 6) is 39.9. The zero-order valence-electron chi connectivity index (χ0n) is 25.3. The lowest BCUT2D eigenvalue weighted by atomic mass is 10.4. The lowest BCUT2D eigenvalue weighted by Crippen LogP contribution is -2.57. The molecule has 1 N–H and O–H groups in total. The van der Waals surface area contributed by atoms with Crippen LogP contribution in [0.15, 0.2) is 24.6 Å². The van der Waals surface area contributed by atoms with Gasteiger partial charge in [0.1, 0.15) is 0 Å². The van der Waals surface area contributed by atoms with Crippen LogP contribution in [0.25, 0.3) is 0 Å². The minimum Gasteiger partial charge on any atom is -0.433 e. The summed E-state index contributed by atoms with van der Waals surface area (Å²) in [5, 5.41) is 2.79. The van der Waals surface area contributed by atoms with Crippen LogP contribution in [-0.4, -0.2) is 46.2 Å². The van der Waals surface area contributed by atoms with Gasteiger partial charge in [0, 0.05) is 12.5 Å². The molecule has 0 aromatic carbocycles. The maximum Gasteiger partial charge on any atom is 0.316 e. The highest BCUT2D eigenvalue weighted by Crippen LogP contribution is 2.28. The Bertz CT molecular complexity index is 1480. The lowest BCUT2D eigenvalue weighted by Gasteiger charge is -2.41. The molecule has 0 spiro atoms. The van der Waals surface area contributed by atoms with Gasteiger partial charge in [-0.2, -0.15) is 0 Å². The van der Waals surface area contributed by atoms with Gasteiger partial charge in [-0.1, -0.05) is 17.3 Å². The van der Waals surface area contributed by atoms with Crippen molar-refractivity contribution in [3.63, 3.8) is 0 Å². The van der Waals surface area contributed by atoms with E-state index in [2.05, 4.69) is 146 Å². The average molecular weight is 612 g/mol. The van der Waals surface area contributed by atoms with E-state index in [1.54, 1.807) is 6.92 Å². The molecule has 41 heavy (non-hydrogen) atoms. The molecule has 0 aromatic rings. The molecule has 0 saturated heterocycles. The highest BCUT2D eigenvalue weighted by molar-refractivity contribution is 6.91. The minimum absolute atomic E-state index is 0.419. The van der Waals surface area contributed by atoms with E-state index < -0.39 is 39.7 Å². The summed E-state index contributed by atoms with van der Waals surface area (Å²) in [4.78, 5) is 12.1. The number of carbonyl (C=O) groups excluding carboxylic acids is 1. The molecule has 5 nitrogen and oxygen atoms in total. The largest absolute Gasteiger partial charge is 0.433 e. The Morgan fingerprint density at radius 3 is 1.51 bits per heavy atom. The standard InChI is InChI=1S/C32H37NO4Si4/c1-11-14-15-16-17-18-19-20-21-22-23-24-25-26-27-29-32(34)33-30-28-31-41(10,36-39(6,7)13-3)37-40(8,9)35-38(4,5)12-2/h12-13H,2-3,28,30-31H2,1,4-10H3,(H,33,34). The summed E-state index contributed by atoms with van der Waals surface area (Å²) in [7, 11) is -9.26. The number of amides is 1. The van der Waals surface area contributed by atoms with Crippen molar-refractivity contribution in [2.75, 3.05) is 6.54 Å². The van der Waals surface area contributed by atoms with Gasteiger partial charge >= 0.3 is 17.1 Å². The van der Waals surface area contributed by atoms with Gasteiger partial charge in [-0.25, -0.2) is 0 Å². The Labute approximate surface area is 252 Å². The second kappa shape index (κ2) is 19.3. The van der Waals surface area contributed by atoms with Crippen LogP contribution in [0.3, 0.4) is 0 Å². The van der Waals surface area contributed by atoms with Gasteiger partial charge in [0.2, 0.25) is 0 Å². The van der Waals surface area contributed by atoms with Crippen LogP contribution in [-0.2, 0) is 17.1 Å². The van der Waals surface area contributed by atoms with Crippen molar-refractivity contribution in [2.24, 2.45) is 0 Å². The first kappa shape index (κ1) is 37.2. The number of hydrogen-bond acceptors (Lipinski definition) is 4. The van der Waals surface area contributed by atoms with E-state index in [4.69, 9.17) is 12.3 Å². The molecule has 1 atom stereocenters. The van der Waals surface area contributed by atoms with Gasteiger partial charge in [0.05, 0.1) is 0 Å². The molecule has 0 fully saturated rings. The molecular formula is C32H37NO4Si4. The van der Waals surface area contributed by atoms with Crippen molar-refractivity contribution in [2.45, 2.75) is 65.2 Å². The third-order valence-electron chi connectivity index (χ3n) is 4.64. The lowest BCUT2D eigenvalue weighted by molar-refractivity contribution is -0.115. The first-order valence-corrected chi connectivity index (χ1v) is 24.1. The molecule has 1 unspecified atom stereocenters. The molecule has 0 aromatic heterocycles. The molecular weight excluding hydrogens is 575 g/mol. The maximum atomic E-state index is 12.1. The SMILES string of the molecule is C=C[Si](C)(C)O[Si](C)(C)O[Si](C)(CCCNC(=O)C#CC#CC#CC#CC#CC#CC#CC#CC)O[Si](C)(C)C=C. The van der Waals surface area contributed by atoms with Crippen molar-refractivity contribution in [3.05, 3.63) is 24.6 Å². The van der Waals surface area contributed by atoms with Gasteiger partial charge < -0.3 is 17.7 Å². The van der Waals surface area contributed by atoms with Gasteiger partial charge in [0.15, 0.2) is 16.6 Å². The monoisotopic (exact) mass is 611 g/mol. The summed E-state index contributed by atoms with van der Waals surface area (Å²) in [6.07, 6.45) is 0.676. The van der Waals surface area contributed by atoms with E-state index in [9.17, 15) is 4.79 Å². The Balaban J connectivity index is 4.96. The number of rotatable bonds is 12. The first-order chi connectivity index (χ1) is 19.2. The molecule has 1 amide bonds. The van der Waals surface area contributed by atoms with Crippen molar-refractivity contribution < 1.29 is 17.1 Å².